The maximum absolute atomic E-state index is 4.79. The summed E-state index contributed by atoms with van der Waals surface area (Å²) in [5, 5.41) is 0. The largest absolute Gasteiger partial charge is 0.323 e. The molecule has 1 unspecified atom stereocenters. The third-order valence-electron chi connectivity index (χ3n) is 3.99. The Morgan fingerprint density at radius 1 is 1.24 bits per heavy atom. The van der Waals surface area contributed by atoms with Crippen LogP contribution < -0.4 is 4.90 Å². The number of hydrogen-bond donors (Lipinski definition) is 0. The first-order valence-electron chi connectivity index (χ1n) is 7.48. The van der Waals surface area contributed by atoms with E-state index in [9.17, 15) is 0 Å². The Kier molecular flexibility index (Phi) is 3.98. The molecule has 0 amide bonds. The van der Waals surface area contributed by atoms with Crippen LogP contribution in [-0.4, -0.2) is 16.0 Å². The number of rotatable bonds is 2. The minimum Gasteiger partial charge on any atom is -0.323 e. The van der Waals surface area contributed by atoms with Gasteiger partial charge in [0.1, 0.15) is 16.2 Å². The van der Waals surface area contributed by atoms with E-state index in [1.807, 2.05) is 6.07 Å². The SMILES string of the molecule is CC(C)c1nc(Br)cc(N2c3ccccc3CCC2C)n1. The fourth-order valence-corrected chi connectivity index (χ4v) is 3.23. The van der Waals surface area contributed by atoms with Gasteiger partial charge in [-0.15, -0.1) is 0 Å². The number of halogens is 1. The van der Waals surface area contributed by atoms with Gasteiger partial charge in [-0.1, -0.05) is 32.0 Å². The Hall–Kier alpha value is -1.42. The number of aromatic nitrogens is 2. The summed E-state index contributed by atoms with van der Waals surface area (Å²) in [7, 11) is 0. The van der Waals surface area contributed by atoms with Crippen molar-refractivity contribution in [2.24, 2.45) is 0 Å². The van der Waals surface area contributed by atoms with E-state index in [1.54, 1.807) is 0 Å². The van der Waals surface area contributed by atoms with E-state index in [4.69, 9.17) is 4.98 Å². The van der Waals surface area contributed by atoms with Gasteiger partial charge in [-0.2, -0.15) is 0 Å². The lowest BCUT2D eigenvalue weighted by atomic mass is 9.96. The summed E-state index contributed by atoms with van der Waals surface area (Å²) in [4.78, 5) is 11.6. The van der Waals surface area contributed by atoms with Crippen LogP contribution in [0.2, 0.25) is 0 Å². The van der Waals surface area contributed by atoms with Crippen LogP contribution in [0.15, 0.2) is 34.9 Å². The Balaban J connectivity index is 2.11. The Bertz CT molecular complexity index is 654. The van der Waals surface area contributed by atoms with Crippen molar-refractivity contribution in [3.8, 4) is 0 Å². The van der Waals surface area contributed by atoms with Crippen molar-refractivity contribution in [3.05, 3.63) is 46.3 Å². The predicted octanol–water partition coefficient (Wildman–Crippen LogP) is 4.84. The number of anilines is 2. The summed E-state index contributed by atoms with van der Waals surface area (Å²) >= 11 is 3.53. The molecule has 4 heteroatoms. The fraction of sp³-hybridized carbons (Fsp3) is 0.412. The molecule has 3 nitrogen and oxygen atoms in total. The van der Waals surface area contributed by atoms with Gasteiger partial charge in [0.05, 0.1) is 0 Å². The van der Waals surface area contributed by atoms with Gasteiger partial charge in [0.2, 0.25) is 0 Å². The summed E-state index contributed by atoms with van der Waals surface area (Å²) in [5.41, 5.74) is 2.67. The Morgan fingerprint density at radius 3 is 2.76 bits per heavy atom. The second kappa shape index (κ2) is 5.76. The molecule has 110 valence electrons. The van der Waals surface area contributed by atoms with Crippen molar-refractivity contribution >= 4 is 27.4 Å². The highest BCUT2D eigenvalue weighted by molar-refractivity contribution is 9.10. The van der Waals surface area contributed by atoms with Gasteiger partial charge in [0.15, 0.2) is 0 Å². The average molecular weight is 346 g/mol. The van der Waals surface area contributed by atoms with Crippen LogP contribution in [0.3, 0.4) is 0 Å². The molecule has 2 aromatic rings. The third-order valence-corrected chi connectivity index (χ3v) is 4.39. The minimum atomic E-state index is 0.316. The molecule has 1 aliphatic heterocycles. The summed E-state index contributed by atoms with van der Waals surface area (Å²) in [6.45, 7) is 6.51. The molecule has 0 spiro atoms. The van der Waals surface area contributed by atoms with Crippen molar-refractivity contribution in [2.75, 3.05) is 4.90 Å². The van der Waals surface area contributed by atoms with Crippen LogP contribution in [0.5, 0.6) is 0 Å². The highest BCUT2D eigenvalue weighted by atomic mass is 79.9. The topological polar surface area (TPSA) is 29.0 Å². The number of fused-ring (bicyclic) bond motifs is 1. The third kappa shape index (κ3) is 2.82. The minimum absolute atomic E-state index is 0.316. The van der Waals surface area contributed by atoms with Crippen molar-refractivity contribution in [2.45, 2.75) is 45.6 Å². The average Bonchev–Trinajstić information content (AvgIpc) is 2.46. The number of hydrogen-bond acceptors (Lipinski definition) is 3. The smallest absolute Gasteiger partial charge is 0.138 e. The van der Waals surface area contributed by atoms with E-state index in [0.29, 0.717) is 12.0 Å². The molecule has 0 saturated heterocycles. The lowest BCUT2D eigenvalue weighted by Crippen LogP contribution is -2.34. The Labute approximate surface area is 134 Å². The normalized spacial score (nSPS) is 18.0. The molecule has 1 aliphatic rings. The van der Waals surface area contributed by atoms with Gasteiger partial charge in [0, 0.05) is 23.7 Å². The zero-order valence-electron chi connectivity index (χ0n) is 12.7. The van der Waals surface area contributed by atoms with Crippen LogP contribution in [0.25, 0.3) is 0 Å². The van der Waals surface area contributed by atoms with E-state index in [0.717, 1.165) is 29.1 Å². The number of aryl methyl sites for hydroxylation is 1. The van der Waals surface area contributed by atoms with Gasteiger partial charge in [-0.05, 0) is 47.3 Å². The maximum atomic E-state index is 4.79. The number of para-hydroxylation sites is 1. The zero-order valence-corrected chi connectivity index (χ0v) is 14.3. The van der Waals surface area contributed by atoms with Crippen molar-refractivity contribution < 1.29 is 0 Å². The molecule has 0 bridgehead atoms. The van der Waals surface area contributed by atoms with E-state index < -0.39 is 0 Å². The van der Waals surface area contributed by atoms with Crippen molar-refractivity contribution in [1.82, 2.24) is 9.97 Å². The molecule has 3 rings (SSSR count). The monoisotopic (exact) mass is 345 g/mol. The highest BCUT2D eigenvalue weighted by Crippen LogP contribution is 2.36. The van der Waals surface area contributed by atoms with Crippen LogP contribution >= 0.6 is 15.9 Å². The maximum Gasteiger partial charge on any atom is 0.138 e. The molecule has 0 N–H and O–H groups in total. The summed E-state index contributed by atoms with van der Waals surface area (Å²) in [6.07, 6.45) is 2.28. The van der Waals surface area contributed by atoms with E-state index >= 15 is 0 Å². The van der Waals surface area contributed by atoms with Crippen LogP contribution in [-0.2, 0) is 6.42 Å². The number of nitrogens with zero attached hydrogens (tertiary/aromatic N) is 3. The first-order valence-corrected chi connectivity index (χ1v) is 8.27. The van der Waals surface area contributed by atoms with Gasteiger partial charge in [-0.3, -0.25) is 0 Å². The second-order valence-corrected chi connectivity index (χ2v) is 6.76. The zero-order chi connectivity index (χ0) is 15.0. The summed E-state index contributed by atoms with van der Waals surface area (Å²) < 4.78 is 0.853. The van der Waals surface area contributed by atoms with Gasteiger partial charge < -0.3 is 4.90 Å². The quantitative estimate of drug-likeness (QED) is 0.729. The lowest BCUT2D eigenvalue weighted by Gasteiger charge is -2.36. The molecule has 0 saturated carbocycles. The first-order chi connectivity index (χ1) is 10.1. The Morgan fingerprint density at radius 2 is 2.00 bits per heavy atom. The second-order valence-electron chi connectivity index (χ2n) is 5.95. The molecule has 0 fully saturated rings. The van der Waals surface area contributed by atoms with Crippen LogP contribution in [0.4, 0.5) is 11.5 Å². The lowest BCUT2D eigenvalue weighted by molar-refractivity contribution is 0.609. The molecule has 1 aromatic carbocycles. The molecule has 1 aromatic heterocycles. The molecule has 0 aliphatic carbocycles. The fourth-order valence-electron chi connectivity index (χ4n) is 2.84. The van der Waals surface area contributed by atoms with Gasteiger partial charge in [-0.25, -0.2) is 9.97 Å². The predicted molar refractivity (Wildman–Crippen MR) is 90.2 cm³/mol. The molecular weight excluding hydrogens is 326 g/mol. The number of benzene rings is 1. The van der Waals surface area contributed by atoms with E-state index in [-0.39, 0.29) is 0 Å². The van der Waals surface area contributed by atoms with E-state index in [1.165, 1.54) is 11.3 Å². The summed E-state index contributed by atoms with van der Waals surface area (Å²) in [6, 6.07) is 11.1. The van der Waals surface area contributed by atoms with Crippen molar-refractivity contribution in [3.63, 3.8) is 0 Å². The first kappa shape index (κ1) is 14.5. The molecule has 1 atom stereocenters. The molecule has 0 radical (unpaired) electrons. The molecule has 2 heterocycles. The van der Waals surface area contributed by atoms with Crippen LogP contribution in [0.1, 0.15) is 44.5 Å². The molecule has 21 heavy (non-hydrogen) atoms. The van der Waals surface area contributed by atoms with Gasteiger partial charge >= 0.3 is 0 Å². The van der Waals surface area contributed by atoms with Gasteiger partial charge in [0.25, 0.3) is 0 Å². The molecular formula is C17H20BrN3. The van der Waals surface area contributed by atoms with E-state index in [2.05, 4.69) is 70.9 Å². The van der Waals surface area contributed by atoms with Crippen LogP contribution in [0, 0.1) is 0 Å². The highest BCUT2D eigenvalue weighted by Gasteiger charge is 2.25. The summed E-state index contributed by atoms with van der Waals surface area (Å²) in [5.74, 6) is 2.19. The van der Waals surface area contributed by atoms with Crippen molar-refractivity contribution in [1.29, 1.82) is 0 Å². The standard InChI is InChI=1S/C17H20BrN3/c1-11(2)17-19-15(18)10-16(20-17)21-12(3)8-9-13-6-4-5-7-14(13)21/h4-7,10-12H,8-9H2,1-3H3.